The van der Waals surface area contributed by atoms with Crippen molar-refractivity contribution in [3.8, 4) is 17.4 Å². The molecule has 1 heterocycles. The van der Waals surface area contributed by atoms with Gasteiger partial charge >= 0.3 is 0 Å². The van der Waals surface area contributed by atoms with Gasteiger partial charge in [0.1, 0.15) is 24.2 Å². The number of aldehydes is 1. The van der Waals surface area contributed by atoms with Crippen LogP contribution in [0.4, 0.5) is 0 Å². The lowest BCUT2D eigenvalue weighted by Crippen LogP contribution is -1.99. The fourth-order valence-electron chi connectivity index (χ4n) is 2.04. The summed E-state index contributed by atoms with van der Waals surface area (Å²) < 4.78 is 10.0. The van der Waals surface area contributed by atoms with E-state index in [1.54, 1.807) is 48.5 Å². The van der Waals surface area contributed by atoms with Gasteiger partial charge in [-0.3, -0.25) is 9.59 Å². The molecule has 0 saturated carbocycles. The van der Waals surface area contributed by atoms with Crippen LogP contribution >= 0.6 is 0 Å². The monoisotopic (exact) mass is 321 g/mol. The molecule has 3 aromatic rings. The Morgan fingerprint density at radius 3 is 2.46 bits per heavy atom. The topological polar surface area (TPSA) is 80.3 Å². The molecule has 120 valence electrons. The van der Waals surface area contributed by atoms with E-state index in [4.69, 9.17) is 9.68 Å². The Hall–Kier alpha value is -3.23. The van der Waals surface area contributed by atoms with Crippen molar-refractivity contribution in [2.24, 2.45) is 0 Å². The van der Waals surface area contributed by atoms with Crippen LogP contribution in [0.2, 0.25) is 0 Å². The highest BCUT2D eigenvalue weighted by Gasteiger charge is 2.06. The zero-order valence-electron chi connectivity index (χ0n) is 13.1. The van der Waals surface area contributed by atoms with E-state index in [0.717, 1.165) is 11.8 Å². The molecule has 0 bridgehead atoms. The number of carbonyl (C=O) groups is 1. The molecule has 5 heteroatoms. The first-order valence-electron chi connectivity index (χ1n) is 7.14. The van der Waals surface area contributed by atoms with Crippen LogP contribution < -0.4 is 5.43 Å². The average molecular weight is 321 g/mol. The average Bonchev–Trinajstić information content (AvgIpc) is 2.63. The van der Waals surface area contributed by atoms with E-state index in [9.17, 15) is 9.59 Å². The maximum absolute atomic E-state index is 12.0. The number of hydrogen-bond donors (Lipinski definition) is 0. The molecule has 0 radical (unpaired) electrons. The summed E-state index contributed by atoms with van der Waals surface area (Å²) >= 11 is 0. The third-order valence-electron chi connectivity index (χ3n) is 3.17. The van der Waals surface area contributed by atoms with Crippen LogP contribution in [0.25, 0.3) is 22.3 Å². The molecule has 0 fully saturated rings. The zero-order valence-corrected chi connectivity index (χ0v) is 13.1. The number of hydrogen-bond acceptors (Lipinski definition) is 5. The molecular weight excluding hydrogens is 306 g/mol. The lowest BCUT2D eigenvalue weighted by Gasteiger charge is -2.03. The summed E-state index contributed by atoms with van der Waals surface area (Å²) in [7, 11) is 1.49. The largest absolute Gasteiger partial charge is 0.456 e. The van der Waals surface area contributed by atoms with Gasteiger partial charge in [-0.25, -0.2) is 0 Å². The second-order valence-electron chi connectivity index (χ2n) is 4.80. The molecule has 0 amide bonds. The smallest absolute Gasteiger partial charge is 0.193 e. The SMILES string of the molecule is COCC#N.O=Cc1ccc(-c2cc(=O)c3ccccc3o2)cc1. The normalized spacial score (nSPS) is 9.67. The Balaban J connectivity index is 0.000000368. The number of methoxy groups -OCH3 is 1. The molecule has 0 saturated heterocycles. The van der Waals surface area contributed by atoms with E-state index in [2.05, 4.69) is 4.74 Å². The molecule has 0 aliphatic rings. The van der Waals surface area contributed by atoms with Crippen LogP contribution in [-0.2, 0) is 4.74 Å². The predicted octanol–water partition coefficient (Wildman–Crippen LogP) is 3.43. The van der Waals surface area contributed by atoms with Crippen molar-refractivity contribution >= 4 is 17.3 Å². The Kier molecular flexibility index (Phi) is 6.01. The molecule has 24 heavy (non-hydrogen) atoms. The van der Waals surface area contributed by atoms with Gasteiger partial charge in [-0.05, 0) is 12.1 Å². The number of ether oxygens (including phenoxy) is 1. The molecule has 0 N–H and O–H groups in total. The lowest BCUT2D eigenvalue weighted by molar-refractivity contribution is 0.112. The van der Waals surface area contributed by atoms with Gasteiger partial charge in [-0.15, -0.1) is 0 Å². The zero-order chi connectivity index (χ0) is 17.4. The van der Waals surface area contributed by atoms with E-state index in [0.29, 0.717) is 22.3 Å². The second-order valence-corrected chi connectivity index (χ2v) is 4.80. The van der Waals surface area contributed by atoms with Crippen molar-refractivity contribution in [2.45, 2.75) is 0 Å². The standard InChI is InChI=1S/C16H10O3.C3H5NO/c17-10-11-5-7-12(8-6-11)16-9-14(18)13-3-1-2-4-15(13)19-16;1-5-3-2-4/h1-10H;3H2,1H3. The first-order chi connectivity index (χ1) is 11.7. The highest BCUT2D eigenvalue weighted by atomic mass is 16.5. The van der Waals surface area contributed by atoms with Gasteiger partial charge in [0.25, 0.3) is 0 Å². The van der Waals surface area contributed by atoms with Crippen molar-refractivity contribution in [1.29, 1.82) is 5.26 Å². The fourth-order valence-corrected chi connectivity index (χ4v) is 2.04. The summed E-state index contributed by atoms with van der Waals surface area (Å²) in [6, 6.07) is 17.3. The molecule has 0 atom stereocenters. The minimum absolute atomic E-state index is 0.0729. The number of rotatable bonds is 3. The van der Waals surface area contributed by atoms with Crippen molar-refractivity contribution < 1.29 is 13.9 Å². The number of nitrogens with zero attached hydrogens (tertiary/aromatic N) is 1. The van der Waals surface area contributed by atoms with Gasteiger partial charge in [0.05, 0.1) is 11.5 Å². The maximum Gasteiger partial charge on any atom is 0.193 e. The molecule has 0 unspecified atom stereocenters. The minimum Gasteiger partial charge on any atom is -0.456 e. The third-order valence-corrected chi connectivity index (χ3v) is 3.17. The van der Waals surface area contributed by atoms with Crippen LogP contribution in [0.1, 0.15) is 10.4 Å². The van der Waals surface area contributed by atoms with E-state index < -0.39 is 0 Å². The number of nitriles is 1. The molecule has 0 spiro atoms. The van der Waals surface area contributed by atoms with Gasteiger partial charge in [-0.2, -0.15) is 5.26 Å². The fraction of sp³-hybridized carbons (Fsp3) is 0.105. The molecular formula is C19H15NO4. The van der Waals surface area contributed by atoms with E-state index in [1.165, 1.54) is 13.2 Å². The Morgan fingerprint density at radius 2 is 1.88 bits per heavy atom. The first kappa shape index (κ1) is 17.1. The third kappa shape index (κ3) is 4.15. The van der Waals surface area contributed by atoms with Crippen LogP contribution in [-0.4, -0.2) is 20.0 Å². The summed E-state index contributed by atoms with van der Waals surface area (Å²) in [5.74, 6) is 0.501. The second kappa shape index (κ2) is 8.42. The van der Waals surface area contributed by atoms with E-state index >= 15 is 0 Å². The Labute approximate surface area is 138 Å². The van der Waals surface area contributed by atoms with Crippen LogP contribution in [0.5, 0.6) is 0 Å². The molecule has 3 rings (SSSR count). The summed E-state index contributed by atoms with van der Waals surface area (Å²) in [5.41, 5.74) is 1.85. The minimum atomic E-state index is -0.0729. The van der Waals surface area contributed by atoms with Gasteiger partial charge in [0.15, 0.2) is 5.43 Å². The van der Waals surface area contributed by atoms with E-state index in [1.807, 2.05) is 6.07 Å². The van der Waals surface area contributed by atoms with Gasteiger partial charge in [0.2, 0.25) is 0 Å². The van der Waals surface area contributed by atoms with Crippen LogP contribution in [0.15, 0.2) is 63.8 Å². The van der Waals surface area contributed by atoms with Crippen molar-refractivity contribution in [2.75, 3.05) is 13.7 Å². The number of benzene rings is 2. The molecule has 0 aliphatic heterocycles. The van der Waals surface area contributed by atoms with E-state index in [-0.39, 0.29) is 12.0 Å². The number of carbonyl (C=O) groups excluding carboxylic acids is 1. The van der Waals surface area contributed by atoms with Gasteiger partial charge in [-0.1, -0.05) is 36.4 Å². The highest BCUT2D eigenvalue weighted by molar-refractivity contribution is 5.79. The van der Waals surface area contributed by atoms with Crippen LogP contribution in [0, 0.1) is 11.3 Å². The number of para-hydroxylation sites is 1. The molecule has 2 aromatic carbocycles. The summed E-state index contributed by atoms with van der Waals surface area (Å²) in [6.07, 6.45) is 0.778. The van der Waals surface area contributed by atoms with Gasteiger partial charge in [0, 0.05) is 24.3 Å². The summed E-state index contributed by atoms with van der Waals surface area (Å²) in [6.45, 7) is 0.194. The van der Waals surface area contributed by atoms with Crippen molar-refractivity contribution in [3.05, 3.63) is 70.4 Å². The highest BCUT2D eigenvalue weighted by Crippen LogP contribution is 2.22. The van der Waals surface area contributed by atoms with Gasteiger partial charge < -0.3 is 9.15 Å². The lowest BCUT2D eigenvalue weighted by atomic mass is 10.1. The summed E-state index contributed by atoms with van der Waals surface area (Å²) in [5, 5.41) is 8.26. The Morgan fingerprint density at radius 1 is 1.17 bits per heavy atom. The number of fused-ring (bicyclic) bond motifs is 1. The van der Waals surface area contributed by atoms with Crippen LogP contribution in [0.3, 0.4) is 0 Å². The molecule has 5 nitrogen and oxygen atoms in total. The van der Waals surface area contributed by atoms with Crippen molar-refractivity contribution in [1.82, 2.24) is 0 Å². The van der Waals surface area contributed by atoms with Crippen molar-refractivity contribution in [3.63, 3.8) is 0 Å². The predicted molar refractivity (Wildman–Crippen MR) is 90.8 cm³/mol. The Bertz CT molecular complexity index is 920. The summed E-state index contributed by atoms with van der Waals surface area (Å²) in [4.78, 5) is 22.6. The molecule has 1 aromatic heterocycles. The maximum atomic E-state index is 12.0. The quantitative estimate of drug-likeness (QED) is 0.690. The first-order valence-corrected chi connectivity index (χ1v) is 7.14. The molecule has 0 aliphatic carbocycles.